The number of hydrogen-bond donors (Lipinski definition) is 0. The highest BCUT2D eigenvalue weighted by atomic mass is 19.1. The van der Waals surface area contributed by atoms with Crippen LogP contribution in [0.5, 0.6) is 0 Å². The number of aromatic nitrogens is 3. The Labute approximate surface area is 126 Å². The Morgan fingerprint density at radius 1 is 1.18 bits per heavy atom. The largest absolute Gasteiger partial charge is 0.302 e. The Hall–Kier alpha value is -2.56. The number of fused-ring (bicyclic) bond motifs is 1. The van der Waals surface area contributed by atoms with Crippen molar-refractivity contribution in [2.75, 3.05) is 0 Å². The van der Waals surface area contributed by atoms with Crippen LogP contribution in [-0.4, -0.2) is 14.5 Å². The molecule has 1 saturated carbocycles. The van der Waals surface area contributed by atoms with Crippen molar-refractivity contribution in [3.63, 3.8) is 0 Å². The van der Waals surface area contributed by atoms with Crippen LogP contribution in [0.2, 0.25) is 0 Å². The Bertz CT molecular complexity index is 898. The maximum Gasteiger partial charge on any atom is 0.277 e. The number of alkyl halides is 1. The van der Waals surface area contributed by atoms with Crippen LogP contribution in [0.3, 0.4) is 0 Å². The monoisotopic (exact) mass is 295 g/mol. The Morgan fingerprint density at radius 3 is 2.64 bits per heavy atom. The van der Waals surface area contributed by atoms with E-state index in [4.69, 9.17) is 0 Å². The van der Waals surface area contributed by atoms with Gasteiger partial charge in [0.1, 0.15) is 17.9 Å². The van der Waals surface area contributed by atoms with Gasteiger partial charge in [0.2, 0.25) is 0 Å². The summed E-state index contributed by atoms with van der Waals surface area (Å²) in [5.41, 5.74) is 3.15. The minimum absolute atomic E-state index is 0.0887. The first-order chi connectivity index (χ1) is 10.8. The van der Waals surface area contributed by atoms with Crippen molar-refractivity contribution in [2.24, 2.45) is 0 Å². The van der Waals surface area contributed by atoms with Gasteiger partial charge < -0.3 is 4.57 Å². The third kappa shape index (κ3) is 2.09. The minimum Gasteiger partial charge on any atom is -0.302 e. The average Bonchev–Trinajstić information content (AvgIpc) is 3.39. The zero-order valence-corrected chi connectivity index (χ0v) is 11.9. The first-order valence-corrected chi connectivity index (χ1v) is 7.29. The van der Waals surface area contributed by atoms with E-state index < -0.39 is 6.67 Å². The molecule has 4 nitrogen and oxygen atoms in total. The molecule has 22 heavy (non-hydrogen) atoms. The van der Waals surface area contributed by atoms with Gasteiger partial charge in [-0.1, -0.05) is 24.3 Å². The molecule has 2 aromatic heterocycles. The number of hydrogen-bond acceptors (Lipinski definition) is 3. The van der Waals surface area contributed by atoms with Gasteiger partial charge in [0.05, 0.1) is 11.7 Å². The number of rotatable bonds is 3. The van der Waals surface area contributed by atoms with Crippen molar-refractivity contribution >= 4 is 11.0 Å². The van der Waals surface area contributed by atoms with Gasteiger partial charge in [-0.2, -0.15) is 0 Å². The second-order valence-electron chi connectivity index (χ2n) is 5.56. The Morgan fingerprint density at radius 2 is 1.95 bits per heavy atom. The van der Waals surface area contributed by atoms with Crippen molar-refractivity contribution in [3.8, 4) is 11.3 Å². The number of pyridine rings is 1. The maximum absolute atomic E-state index is 12.8. The van der Waals surface area contributed by atoms with E-state index in [9.17, 15) is 9.18 Å². The highest BCUT2D eigenvalue weighted by molar-refractivity contribution is 5.77. The molecule has 0 radical (unpaired) electrons. The third-order valence-corrected chi connectivity index (χ3v) is 3.98. The van der Waals surface area contributed by atoms with Crippen molar-refractivity contribution in [1.29, 1.82) is 0 Å². The summed E-state index contributed by atoms with van der Waals surface area (Å²) < 4.78 is 14.5. The molecule has 0 atom stereocenters. The van der Waals surface area contributed by atoms with Gasteiger partial charge in [0, 0.05) is 17.8 Å². The summed E-state index contributed by atoms with van der Waals surface area (Å²) in [6.45, 7) is -0.512. The van der Waals surface area contributed by atoms with Gasteiger partial charge in [-0.25, -0.2) is 9.37 Å². The van der Waals surface area contributed by atoms with Crippen LogP contribution in [0.15, 0.2) is 47.5 Å². The first kappa shape index (κ1) is 13.1. The van der Waals surface area contributed by atoms with E-state index in [-0.39, 0.29) is 11.6 Å². The van der Waals surface area contributed by atoms with Gasteiger partial charge >= 0.3 is 0 Å². The van der Waals surface area contributed by atoms with Gasteiger partial charge in [0.25, 0.3) is 5.56 Å². The van der Waals surface area contributed by atoms with E-state index in [0.29, 0.717) is 22.3 Å². The van der Waals surface area contributed by atoms with Gasteiger partial charge in [-0.15, -0.1) is 0 Å². The molecule has 1 aliphatic rings. The molecular weight excluding hydrogens is 281 g/mol. The van der Waals surface area contributed by atoms with Gasteiger partial charge in [-0.05, 0) is 24.5 Å². The molecule has 0 aliphatic heterocycles. The molecule has 0 spiro atoms. The molecule has 0 amide bonds. The fourth-order valence-corrected chi connectivity index (χ4v) is 2.70. The van der Waals surface area contributed by atoms with E-state index in [0.717, 1.165) is 18.4 Å². The van der Waals surface area contributed by atoms with E-state index >= 15 is 0 Å². The lowest BCUT2D eigenvalue weighted by atomic mass is 10.1. The molecule has 3 aromatic rings. The quantitative estimate of drug-likeness (QED) is 0.745. The molecule has 110 valence electrons. The van der Waals surface area contributed by atoms with E-state index in [2.05, 4.69) is 9.97 Å². The normalized spacial score (nSPS) is 14.4. The lowest BCUT2D eigenvalue weighted by molar-refractivity contribution is 0.485. The Kier molecular flexibility index (Phi) is 2.99. The fourth-order valence-electron chi connectivity index (χ4n) is 2.70. The van der Waals surface area contributed by atoms with Crippen LogP contribution in [-0.2, 0) is 6.67 Å². The van der Waals surface area contributed by atoms with E-state index in [1.807, 2.05) is 10.6 Å². The lowest BCUT2D eigenvalue weighted by Crippen LogP contribution is -2.23. The lowest BCUT2D eigenvalue weighted by Gasteiger charge is -2.11. The van der Waals surface area contributed by atoms with Crippen LogP contribution in [0, 0.1) is 0 Å². The number of benzene rings is 1. The summed E-state index contributed by atoms with van der Waals surface area (Å²) in [4.78, 5) is 21.4. The topological polar surface area (TPSA) is 47.8 Å². The average molecular weight is 295 g/mol. The molecule has 1 fully saturated rings. The minimum atomic E-state index is -0.512. The molecule has 1 aliphatic carbocycles. The van der Waals surface area contributed by atoms with Crippen LogP contribution in [0.25, 0.3) is 22.3 Å². The molecule has 5 heteroatoms. The second kappa shape index (κ2) is 5.02. The van der Waals surface area contributed by atoms with Gasteiger partial charge in [-0.3, -0.25) is 9.78 Å². The van der Waals surface area contributed by atoms with Gasteiger partial charge in [0.15, 0.2) is 0 Å². The zero-order chi connectivity index (χ0) is 15.1. The Balaban J connectivity index is 1.97. The van der Waals surface area contributed by atoms with Crippen molar-refractivity contribution in [3.05, 3.63) is 58.6 Å². The molecule has 2 heterocycles. The number of nitrogens with zero attached hydrogens (tertiary/aromatic N) is 3. The summed E-state index contributed by atoms with van der Waals surface area (Å²) in [5, 5.41) is 0. The molecule has 0 N–H and O–H groups in total. The van der Waals surface area contributed by atoms with Crippen LogP contribution in [0.4, 0.5) is 4.39 Å². The highest BCUT2D eigenvalue weighted by Crippen LogP contribution is 2.36. The molecule has 0 bridgehead atoms. The summed E-state index contributed by atoms with van der Waals surface area (Å²) in [6.07, 6.45) is 5.38. The third-order valence-electron chi connectivity index (χ3n) is 3.98. The van der Waals surface area contributed by atoms with Crippen LogP contribution in [0.1, 0.15) is 24.4 Å². The molecular formula is C17H14FN3O. The summed E-state index contributed by atoms with van der Waals surface area (Å²) in [6, 6.07) is 8.95. The smallest absolute Gasteiger partial charge is 0.277 e. The molecule has 1 aromatic carbocycles. The second-order valence-corrected chi connectivity index (χ2v) is 5.56. The molecule has 0 saturated heterocycles. The first-order valence-electron chi connectivity index (χ1n) is 7.29. The predicted molar refractivity (Wildman–Crippen MR) is 82.3 cm³/mol. The van der Waals surface area contributed by atoms with Crippen molar-refractivity contribution in [1.82, 2.24) is 14.5 Å². The maximum atomic E-state index is 12.8. The van der Waals surface area contributed by atoms with Crippen molar-refractivity contribution < 1.29 is 4.39 Å². The van der Waals surface area contributed by atoms with Crippen molar-refractivity contribution in [2.45, 2.75) is 25.6 Å². The zero-order valence-electron chi connectivity index (χ0n) is 11.9. The summed E-state index contributed by atoms with van der Waals surface area (Å²) in [5.74, 6) is 0. The summed E-state index contributed by atoms with van der Waals surface area (Å²) in [7, 11) is 0. The van der Waals surface area contributed by atoms with E-state index in [1.165, 1.54) is 0 Å². The SMILES string of the molecule is O=c1c(-c2ccc(CF)cc2)nc2cnccc2n1C1CC1. The predicted octanol–water partition coefficient (Wildman–Crippen LogP) is 3.26. The molecule has 4 rings (SSSR count). The molecule has 0 unspecified atom stereocenters. The van der Waals surface area contributed by atoms with Crippen LogP contribution < -0.4 is 5.56 Å². The van der Waals surface area contributed by atoms with Crippen LogP contribution >= 0.6 is 0 Å². The highest BCUT2D eigenvalue weighted by Gasteiger charge is 2.28. The number of halogens is 1. The fraction of sp³-hybridized carbons (Fsp3) is 0.235. The van der Waals surface area contributed by atoms with E-state index in [1.54, 1.807) is 36.7 Å². The summed E-state index contributed by atoms with van der Waals surface area (Å²) >= 11 is 0. The standard InChI is InChI=1S/C17H14FN3O/c18-9-11-1-3-12(4-2-11)16-17(22)21(13-5-6-13)15-7-8-19-10-14(15)20-16/h1-4,7-8,10,13H,5-6,9H2.